The highest BCUT2D eigenvalue weighted by atomic mass is 35.5. The fraction of sp³-hybridized carbons (Fsp3) is 0.250. The molecule has 3 aromatic rings. The zero-order chi connectivity index (χ0) is 14.1. The summed E-state index contributed by atoms with van der Waals surface area (Å²) in [5.74, 6) is 1.05. The van der Waals surface area contributed by atoms with E-state index in [0.29, 0.717) is 17.8 Å². The minimum atomic E-state index is 0.0992. The molecule has 0 saturated carbocycles. The van der Waals surface area contributed by atoms with Crippen LogP contribution in [-0.2, 0) is 0 Å². The maximum absolute atomic E-state index is 5.94. The van der Waals surface area contributed by atoms with Gasteiger partial charge in [0.25, 0.3) is 11.9 Å². The fourth-order valence-electron chi connectivity index (χ4n) is 1.68. The third-order valence-corrected chi connectivity index (χ3v) is 2.87. The van der Waals surface area contributed by atoms with Crippen LogP contribution in [0.5, 0.6) is 0 Å². The Morgan fingerprint density at radius 3 is 2.40 bits per heavy atom. The molecule has 20 heavy (non-hydrogen) atoms. The van der Waals surface area contributed by atoms with Gasteiger partial charge in [0.1, 0.15) is 0 Å². The first kappa shape index (κ1) is 12.7. The Morgan fingerprint density at radius 2 is 1.80 bits per heavy atom. The summed E-state index contributed by atoms with van der Waals surface area (Å²) in [6, 6.07) is 3.71. The third kappa shape index (κ3) is 2.39. The zero-order valence-electron chi connectivity index (χ0n) is 11.0. The molecule has 0 N–H and O–H groups in total. The van der Waals surface area contributed by atoms with Crippen LogP contribution in [0.3, 0.4) is 0 Å². The molecule has 7 nitrogen and oxygen atoms in total. The first-order chi connectivity index (χ1) is 9.63. The van der Waals surface area contributed by atoms with Gasteiger partial charge in [-0.3, -0.25) is 0 Å². The summed E-state index contributed by atoms with van der Waals surface area (Å²) in [5, 5.41) is 8.59. The van der Waals surface area contributed by atoms with Crippen molar-refractivity contribution in [1.82, 2.24) is 34.5 Å². The maximum Gasteiger partial charge on any atom is 0.256 e. The molecule has 102 valence electrons. The average molecular weight is 290 g/mol. The van der Waals surface area contributed by atoms with Gasteiger partial charge in [0, 0.05) is 18.6 Å². The van der Waals surface area contributed by atoms with Crippen LogP contribution in [-0.4, -0.2) is 34.5 Å². The van der Waals surface area contributed by atoms with Crippen molar-refractivity contribution < 1.29 is 0 Å². The molecular weight excluding hydrogens is 278 g/mol. The van der Waals surface area contributed by atoms with Crippen LogP contribution in [0.15, 0.2) is 30.7 Å². The Balaban J connectivity index is 2.05. The molecule has 0 bridgehead atoms. The van der Waals surface area contributed by atoms with Gasteiger partial charge in [-0.1, -0.05) is 13.8 Å². The van der Waals surface area contributed by atoms with Gasteiger partial charge in [0.05, 0.1) is 5.69 Å². The second kappa shape index (κ2) is 5.01. The highest BCUT2D eigenvalue weighted by molar-refractivity contribution is 6.28. The first-order valence-corrected chi connectivity index (χ1v) is 6.49. The van der Waals surface area contributed by atoms with Crippen molar-refractivity contribution in [1.29, 1.82) is 0 Å². The van der Waals surface area contributed by atoms with E-state index < -0.39 is 0 Å². The summed E-state index contributed by atoms with van der Waals surface area (Å²) in [7, 11) is 0. The molecule has 8 heteroatoms. The van der Waals surface area contributed by atoms with Crippen molar-refractivity contribution in [3.63, 3.8) is 0 Å². The second-order valence-corrected chi connectivity index (χ2v) is 4.83. The van der Waals surface area contributed by atoms with E-state index in [2.05, 4.69) is 39.0 Å². The largest absolute Gasteiger partial charge is 0.256 e. The SMILES string of the molecule is CC(C)c1ccn(-c2nc(Cl)nc(-n3cccn3)n2)n1. The molecule has 0 aromatic carbocycles. The van der Waals surface area contributed by atoms with E-state index >= 15 is 0 Å². The number of halogens is 1. The normalized spacial score (nSPS) is 11.2. The van der Waals surface area contributed by atoms with Gasteiger partial charge < -0.3 is 0 Å². The predicted molar refractivity (Wildman–Crippen MR) is 73.2 cm³/mol. The molecule has 0 amide bonds. The van der Waals surface area contributed by atoms with Gasteiger partial charge in [-0.25, -0.2) is 9.36 Å². The van der Waals surface area contributed by atoms with Crippen LogP contribution >= 0.6 is 11.6 Å². The lowest BCUT2D eigenvalue weighted by atomic mass is 10.1. The van der Waals surface area contributed by atoms with Gasteiger partial charge in [-0.2, -0.15) is 25.1 Å². The summed E-state index contributed by atoms with van der Waals surface area (Å²) in [5.41, 5.74) is 0.960. The highest BCUT2D eigenvalue weighted by Crippen LogP contribution is 2.13. The Bertz CT molecular complexity index is 717. The number of hydrogen-bond acceptors (Lipinski definition) is 5. The minimum Gasteiger partial charge on any atom is -0.206 e. The van der Waals surface area contributed by atoms with E-state index in [1.54, 1.807) is 29.3 Å². The Morgan fingerprint density at radius 1 is 1.05 bits per heavy atom. The van der Waals surface area contributed by atoms with Gasteiger partial charge in [-0.05, 0) is 29.7 Å². The van der Waals surface area contributed by atoms with E-state index in [-0.39, 0.29) is 5.28 Å². The van der Waals surface area contributed by atoms with Crippen LogP contribution in [0.25, 0.3) is 11.9 Å². The smallest absolute Gasteiger partial charge is 0.206 e. The van der Waals surface area contributed by atoms with E-state index in [0.717, 1.165) is 5.69 Å². The van der Waals surface area contributed by atoms with Crippen LogP contribution in [0.4, 0.5) is 0 Å². The van der Waals surface area contributed by atoms with Crippen molar-refractivity contribution in [2.75, 3.05) is 0 Å². The number of aromatic nitrogens is 7. The quantitative estimate of drug-likeness (QED) is 0.737. The van der Waals surface area contributed by atoms with Crippen molar-refractivity contribution in [2.24, 2.45) is 0 Å². The van der Waals surface area contributed by atoms with Crippen LogP contribution in [0, 0.1) is 0 Å². The minimum absolute atomic E-state index is 0.0992. The molecule has 3 rings (SSSR count). The molecule has 0 aliphatic heterocycles. The molecule has 0 spiro atoms. The molecule has 3 aromatic heterocycles. The number of nitrogens with zero attached hydrogens (tertiary/aromatic N) is 7. The third-order valence-electron chi connectivity index (χ3n) is 2.70. The topological polar surface area (TPSA) is 74.3 Å². The van der Waals surface area contributed by atoms with Crippen molar-refractivity contribution in [2.45, 2.75) is 19.8 Å². The Labute approximate surface area is 120 Å². The van der Waals surface area contributed by atoms with Gasteiger partial charge in [0.2, 0.25) is 5.28 Å². The Kier molecular flexibility index (Phi) is 3.19. The molecule has 0 aliphatic carbocycles. The first-order valence-electron chi connectivity index (χ1n) is 6.11. The molecule has 0 fully saturated rings. The lowest BCUT2D eigenvalue weighted by Gasteiger charge is -2.04. The summed E-state index contributed by atoms with van der Waals surface area (Å²) in [6.07, 6.45) is 5.17. The summed E-state index contributed by atoms with van der Waals surface area (Å²) >= 11 is 5.94. The second-order valence-electron chi connectivity index (χ2n) is 4.49. The monoisotopic (exact) mass is 289 g/mol. The molecule has 0 radical (unpaired) electrons. The Hall–Kier alpha value is -2.28. The lowest BCUT2D eigenvalue weighted by molar-refractivity contribution is 0.718. The highest BCUT2D eigenvalue weighted by Gasteiger charge is 2.11. The van der Waals surface area contributed by atoms with Gasteiger partial charge in [-0.15, -0.1) is 0 Å². The van der Waals surface area contributed by atoms with E-state index in [1.165, 1.54) is 4.68 Å². The van der Waals surface area contributed by atoms with E-state index in [4.69, 9.17) is 11.6 Å². The molecular formula is C12H12ClN7. The van der Waals surface area contributed by atoms with Gasteiger partial charge in [0.15, 0.2) is 0 Å². The van der Waals surface area contributed by atoms with Gasteiger partial charge >= 0.3 is 0 Å². The van der Waals surface area contributed by atoms with Crippen molar-refractivity contribution >= 4 is 11.6 Å². The number of rotatable bonds is 3. The standard InChI is InChI=1S/C12H12ClN7/c1-8(2)9-4-7-20(18-9)12-16-10(13)15-11(17-12)19-6-3-5-14-19/h3-8H,1-2H3. The van der Waals surface area contributed by atoms with Crippen molar-refractivity contribution in [3.8, 4) is 11.9 Å². The van der Waals surface area contributed by atoms with E-state index in [9.17, 15) is 0 Å². The van der Waals surface area contributed by atoms with E-state index in [1.807, 2.05) is 6.07 Å². The van der Waals surface area contributed by atoms with Crippen LogP contribution < -0.4 is 0 Å². The molecule has 0 atom stereocenters. The predicted octanol–water partition coefficient (Wildman–Crippen LogP) is 2.02. The molecule has 0 aliphatic rings. The molecule has 0 saturated heterocycles. The molecule has 3 heterocycles. The fourth-order valence-corrected chi connectivity index (χ4v) is 1.83. The summed E-state index contributed by atoms with van der Waals surface area (Å²) in [4.78, 5) is 12.4. The lowest BCUT2D eigenvalue weighted by Crippen LogP contribution is -2.09. The van der Waals surface area contributed by atoms with Crippen LogP contribution in [0.1, 0.15) is 25.5 Å². The summed E-state index contributed by atoms with van der Waals surface area (Å²) in [6.45, 7) is 4.14. The molecule has 0 unspecified atom stereocenters. The van der Waals surface area contributed by atoms with Crippen molar-refractivity contribution in [3.05, 3.63) is 41.7 Å². The number of hydrogen-bond donors (Lipinski definition) is 0. The summed E-state index contributed by atoms with van der Waals surface area (Å²) < 4.78 is 3.10. The average Bonchev–Trinajstić information content (AvgIpc) is 3.10. The maximum atomic E-state index is 5.94. The van der Waals surface area contributed by atoms with Crippen LogP contribution in [0.2, 0.25) is 5.28 Å². The zero-order valence-corrected chi connectivity index (χ0v) is 11.7.